The van der Waals surface area contributed by atoms with Crippen molar-refractivity contribution in [2.45, 2.75) is 91.1 Å². The minimum atomic E-state index is -0.497. The Hall–Kier alpha value is -3.40. The van der Waals surface area contributed by atoms with E-state index in [-0.39, 0.29) is 30.3 Å². The zero-order valence-electron chi connectivity index (χ0n) is 26.4. The Balaban J connectivity index is 0.00000506. The number of hydrogen-bond acceptors (Lipinski definition) is 7. The molecule has 2 aromatic rings. The number of amides is 2. The summed E-state index contributed by atoms with van der Waals surface area (Å²) in [6, 6.07) is 8.13. The number of carbonyl (C=O) groups excluding carboxylic acids is 3. The van der Waals surface area contributed by atoms with Crippen molar-refractivity contribution in [3.8, 4) is 0 Å². The molecule has 10 nitrogen and oxygen atoms in total. The van der Waals surface area contributed by atoms with Crippen molar-refractivity contribution in [2.24, 2.45) is 13.0 Å². The first-order valence-electron chi connectivity index (χ1n) is 15.2. The van der Waals surface area contributed by atoms with Gasteiger partial charge in [-0.25, -0.2) is 9.59 Å². The summed E-state index contributed by atoms with van der Waals surface area (Å²) in [6.45, 7) is 11.2. The summed E-state index contributed by atoms with van der Waals surface area (Å²) in [7, 11) is 2.05. The first kappa shape index (κ1) is 34.1. The molecule has 0 spiro atoms. The van der Waals surface area contributed by atoms with Crippen LogP contribution in [-0.2, 0) is 22.9 Å². The summed E-state index contributed by atoms with van der Waals surface area (Å²) in [5, 5.41) is 6.63. The number of hydrogen-bond donors (Lipinski definition) is 2. The highest BCUT2D eigenvalue weighted by atomic mass is 35.5. The molecule has 238 valence electrons. The fraction of sp³-hybridized carbons (Fsp3) is 0.594. The van der Waals surface area contributed by atoms with Gasteiger partial charge in [-0.2, -0.15) is 0 Å². The van der Waals surface area contributed by atoms with Crippen molar-refractivity contribution in [3.63, 3.8) is 0 Å². The second kappa shape index (κ2) is 14.9. The Bertz CT molecular complexity index is 1300. The monoisotopic (exact) mass is 617 g/mol. The molecule has 11 heteroatoms. The number of Topliss-reactive ketones (excluding diaryl/α,β-unsaturated/α-hetero) is 1. The quantitative estimate of drug-likeness (QED) is 0.301. The molecule has 2 amide bonds. The molecule has 4 rings (SSSR count). The lowest BCUT2D eigenvalue weighted by Gasteiger charge is -2.35. The highest BCUT2D eigenvalue weighted by Gasteiger charge is 2.35. The fourth-order valence-corrected chi connectivity index (χ4v) is 5.87. The molecule has 1 aromatic carbocycles. The number of carbonyl (C=O) groups is 3. The van der Waals surface area contributed by atoms with E-state index >= 15 is 0 Å². The van der Waals surface area contributed by atoms with Gasteiger partial charge in [-0.3, -0.25) is 4.79 Å². The van der Waals surface area contributed by atoms with E-state index in [1.807, 2.05) is 70.2 Å². The van der Waals surface area contributed by atoms with E-state index in [1.165, 1.54) is 0 Å². The van der Waals surface area contributed by atoms with Crippen LogP contribution in [0.1, 0.15) is 82.8 Å². The Morgan fingerprint density at radius 3 is 2.35 bits per heavy atom. The number of para-hydroxylation sites is 1. The topological polar surface area (TPSA) is 105 Å². The maximum absolute atomic E-state index is 13.6. The Labute approximate surface area is 261 Å². The average Bonchev–Trinajstić information content (AvgIpc) is 3.43. The van der Waals surface area contributed by atoms with Crippen molar-refractivity contribution in [1.82, 2.24) is 25.0 Å². The van der Waals surface area contributed by atoms with Crippen LogP contribution in [0.5, 0.6) is 0 Å². The standard InChI is InChI=1S/C32H47N5O5.ClH/c1-22-36(21-24-15-16-27-28(29(24)38)25-13-9-10-14-26(25)35(27)6)19-20-37(22)23(2)41-30(39)33-17-11-7-8-12-18-34-31(40)42-32(3,4)5;/h9-10,13-14,19-20,22-24H,7-8,11-12,15-18,21H2,1-6H3,(H,33,39)(H,34,40);1H. The van der Waals surface area contributed by atoms with Crippen LogP contribution in [0.25, 0.3) is 10.9 Å². The van der Waals surface area contributed by atoms with Gasteiger partial charge in [-0.15, -0.1) is 12.4 Å². The molecule has 3 atom stereocenters. The maximum atomic E-state index is 13.6. The van der Waals surface area contributed by atoms with E-state index in [0.717, 1.165) is 60.7 Å². The highest BCUT2D eigenvalue weighted by molar-refractivity contribution is 6.11. The summed E-state index contributed by atoms with van der Waals surface area (Å²) in [5.74, 6) is 0.137. The lowest BCUT2D eigenvalue weighted by Crippen LogP contribution is -2.46. The van der Waals surface area contributed by atoms with Crippen LogP contribution in [0.15, 0.2) is 36.7 Å². The van der Waals surface area contributed by atoms with E-state index in [4.69, 9.17) is 9.47 Å². The second-order valence-electron chi connectivity index (χ2n) is 12.3. The van der Waals surface area contributed by atoms with Crippen molar-refractivity contribution >= 4 is 41.3 Å². The molecule has 0 saturated heterocycles. The molecule has 1 aromatic heterocycles. The number of alkyl carbamates (subject to hydrolysis) is 2. The van der Waals surface area contributed by atoms with Crippen LogP contribution in [0.2, 0.25) is 0 Å². The molecular formula is C32H48ClN5O5. The van der Waals surface area contributed by atoms with E-state index in [9.17, 15) is 14.4 Å². The van der Waals surface area contributed by atoms with Gasteiger partial charge in [-0.05, 0) is 66.4 Å². The third-order valence-corrected chi connectivity index (χ3v) is 8.09. The van der Waals surface area contributed by atoms with E-state index in [1.54, 1.807) is 0 Å². The molecule has 1 aliphatic heterocycles. The molecular weight excluding hydrogens is 570 g/mol. The number of unbranched alkanes of at least 4 members (excludes halogenated alkanes) is 3. The normalized spacial score (nSPS) is 18.7. The van der Waals surface area contributed by atoms with Crippen LogP contribution < -0.4 is 10.6 Å². The van der Waals surface area contributed by atoms with Gasteiger partial charge in [-0.1, -0.05) is 31.0 Å². The molecule has 2 N–H and O–H groups in total. The molecule has 0 saturated carbocycles. The molecule has 1 aliphatic carbocycles. The van der Waals surface area contributed by atoms with E-state index in [2.05, 4.69) is 33.1 Å². The first-order valence-corrected chi connectivity index (χ1v) is 15.2. The van der Waals surface area contributed by atoms with Gasteiger partial charge in [0.1, 0.15) is 11.8 Å². The number of nitrogens with zero attached hydrogens (tertiary/aromatic N) is 3. The van der Waals surface area contributed by atoms with Crippen LogP contribution in [0, 0.1) is 5.92 Å². The SMILES string of the molecule is CC(OC(=O)NCCCCCCNC(=O)OC(C)(C)C)N1C=CN(CC2CCc3c(c4ccccc4n3C)C2=O)C1C.Cl. The van der Waals surface area contributed by atoms with Crippen LogP contribution >= 0.6 is 12.4 Å². The predicted molar refractivity (Wildman–Crippen MR) is 170 cm³/mol. The van der Waals surface area contributed by atoms with Gasteiger partial charge in [0, 0.05) is 67.2 Å². The van der Waals surface area contributed by atoms with Gasteiger partial charge in [0.15, 0.2) is 12.0 Å². The Morgan fingerprint density at radius 1 is 1.02 bits per heavy atom. The van der Waals surface area contributed by atoms with Crippen LogP contribution in [-0.4, -0.2) is 70.0 Å². The minimum absolute atomic E-state index is 0. The zero-order chi connectivity index (χ0) is 30.4. The zero-order valence-corrected chi connectivity index (χ0v) is 27.2. The molecule has 0 radical (unpaired) electrons. The fourth-order valence-electron chi connectivity index (χ4n) is 5.87. The number of aromatic nitrogens is 1. The number of ketones is 1. The minimum Gasteiger partial charge on any atom is -0.444 e. The molecule has 2 heterocycles. The molecule has 0 fully saturated rings. The molecule has 3 unspecified atom stereocenters. The highest BCUT2D eigenvalue weighted by Crippen LogP contribution is 2.35. The number of nitrogens with one attached hydrogen (secondary N) is 2. The predicted octanol–water partition coefficient (Wildman–Crippen LogP) is 5.94. The van der Waals surface area contributed by atoms with Gasteiger partial charge in [0.25, 0.3) is 0 Å². The summed E-state index contributed by atoms with van der Waals surface area (Å²) in [5.41, 5.74) is 2.62. The Kier molecular flexibility index (Phi) is 11.8. The molecule has 2 aliphatic rings. The first-order chi connectivity index (χ1) is 20.0. The van der Waals surface area contributed by atoms with Gasteiger partial charge in [0.2, 0.25) is 0 Å². The van der Waals surface area contributed by atoms with Gasteiger partial charge in [0.05, 0.1) is 0 Å². The second-order valence-corrected chi connectivity index (χ2v) is 12.3. The number of rotatable bonds is 11. The van der Waals surface area contributed by atoms with Crippen LogP contribution in [0.3, 0.4) is 0 Å². The molecule has 0 bridgehead atoms. The third kappa shape index (κ3) is 8.59. The van der Waals surface area contributed by atoms with E-state index < -0.39 is 24.0 Å². The van der Waals surface area contributed by atoms with Crippen molar-refractivity contribution in [2.75, 3.05) is 19.6 Å². The van der Waals surface area contributed by atoms with Gasteiger partial charge < -0.3 is 34.5 Å². The number of benzene rings is 1. The lowest BCUT2D eigenvalue weighted by atomic mass is 9.84. The number of halogens is 1. The largest absolute Gasteiger partial charge is 0.444 e. The molecule has 43 heavy (non-hydrogen) atoms. The summed E-state index contributed by atoms with van der Waals surface area (Å²) >= 11 is 0. The third-order valence-electron chi connectivity index (χ3n) is 8.09. The van der Waals surface area contributed by atoms with Crippen molar-refractivity contribution in [1.29, 1.82) is 0 Å². The van der Waals surface area contributed by atoms with E-state index in [0.29, 0.717) is 19.6 Å². The van der Waals surface area contributed by atoms with Crippen molar-refractivity contribution < 1.29 is 23.9 Å². The van der Waals surface area contributed by atoms with Crippen molar-refractivity contribution in [3.05, 3.63) is 47.9 Å². The van der Waals surface area contributed by atoms with Crippen LogP contribution in [0.4, 0.5) is 9.59 Å². The average molecular weight is 618 g/mol. The summed E-state index contributed by atoms with van der Waals surface area (Å²) in [6.07, 6.45) is 7.87. The number of fused-ring (bicyclic) bond motifs is 3. The number of ether oxygens (including phenoxy) is 2. The summed E-state index contributed by atoms with van der Waals surface area (Å²) in [4.78, 5) is 41.8. The van der Waals surface area contributed by atoms with Gasteiger partial charge >= 0.3 is 12.2 Å². The lowest BCUT2D eigenvalue weighted by molar-refractivity contribution is -0.0124. The summed E-state index contributed by atoms with van der Waals surface area (Å²) < 4.78 is 13.0. The Morgan fingerprint density at radius 2 is 1.67 bits per heavy atom. The number of aryl methyl sites for hydroxylation is 1. The maximum Gasteiger partial charge on any atom is 0.409 e. The smallest absolute Gasteiger partial charge is 0.409 e.